The number of aromatic nitrogens is 1. The summed E-state index contributed by atoms with van der Waals surface area (Å²) in [5.74, 6) is 0.376. The van der Waals surface area contributed by atoms with Crippen LogP contribution in [-0.2, 0) is 6.42 Å². The fraction of sp³-hybridized carbons (Fsp3) is 0.353. The first-order valence-electron chi connectivity index (χ1n) is 7.68. The van der Waals surface area contributed by atoms with Crippen molar-refractivity contribution in [2.45, 2.75) is 27.2 Å². The molecule has 1 aromatic carbocycles. The number of carbonyl (C=O) groups is 1. The van der Waals surface area contributed by atoms with E-state index in [1.807, 2.05) is 25.2 Å². The minimum absolute atomic E-state index is 0.376. The van der Waals surface area contributed by atoms with Crippen LogP contribution in [0.3, 0.4) is 0 Å². The molecule has 0 saturated carbocycles. The van der Waals surface area contributed by atoms with Gasteiger partial charge in [0.1, 0.15) is 5.82 Å². The first-order chi connectivity index (χ1) is 11.4. The summed E-state index contributed by atoms with van der Waals surface area (Å²) in [5.41, 5.74) is 4.39. The Labute approximate surface area is 145 Å². The van der Waals surface area contributed by atoms with Crippen molar-refractivity contribution in [3.63, 3.8) is 0 Å². The summed E-state index contributed by atoms with van der Waals surface area (Å²) in [6, 6.07) is 4.20. The molecule has 0 radical (unpaired) electrons. The molecule has 0 atom stereocenters. The van der Waals surface area contributed by atoms with Gasteiger partial charge in [0.15, 0.2) is 0 Å². The summed E-state index contributed by atoms with van der Waals surface area (Å²) in [6.07, 6.45) is 1.42. The number of benzene rings is 1. The van der Waals surface area contributed by atoms with Crippen LogP contribution in [0.15, 0.2) is 22.5 Å². The van der Waals surface area contributed by atoms with E-state index in [1.165, 1.54) is 16.9 Å². The molecule has 1 amide bonds. The Morgan fingerprint density at radius 1 is 1.42 bits per heavy atom. The lowest BCUT2D eigenvalue weighted by atomic mass is 10.0. The highest BCUT2D eigenvalue weighted by molar-refractivity contribution is 7.10. The van der Waals surface area contributed by atoms with Crippen molar-refractivity contribution in [1.29, 1.82) is 0 Å². The molecule has 2 aromatic rings. The van der Waals surface area contributed by atoms with Crippen LogP contribution in [0.4, 0.5) is 16.3 Å². The summed E-state index contributed by atoms with van der Waals surface area (Å²) >= 11 is 1.45. The smallest absolute Gasteiger partial charge is 0.410 e. The Kier molecular flexibility index (Phi) is 5.92. The molecular formula is C17H22N4O2S. The van der Waals surface area contributed by atoms with E-state index in [-0.39, 0.29) is 0 Å². The molecule has 0 saturated heterocycles. The average Bonchev–Trinajstić information content (AvgIpc) is 2.95. The topological polar surface area (TPSA) is 77.8 Å². The van der Waals surface area contributed by atoms with E-state index in [9.17, 15) is 4.79 Å². The highest BCUT2D eigenvalue weighted by Gasteiger charge is 2.09. The van der Waals surface area contributed by atoms with E-state index in [0.29, 0.717) is 12.2 Å². The lowest BCUT2D eigenvalue weighted by molar-refractivity contribution is 0.209. The maximum absolute atomic E-state index is 10.6. The van der Waals surface area contributed by atoms with Crippen molar-refractivity contribution in [2.24, 2.45) is 4.99 Å². The molecule has 0 aliphatic heterocycles. The van der Waals surface area contributed by atoms with Crippen molar-refractivity contribution in [3.05, 3.63) is 39.2 Å². The SMILES string of the molecule is CCN(C)C=Nc1cc(C)c(Cc2nc(NC(=O)O)cs2)cc1C. The number of aryl methyl sites for hydroxylation is 2. The fourth-order valence-corrected chi connectivity index (χ4v) is 2.90. The maximum atomic E-state index is 10.6. The average molecular weight is 346 g/mol. The Bertz CT molecular complexity index is 755. The monoisotopic (exact) mass is 346 g/mol. The van der Waals surface area contributed by atoms with Crippen molar-refractivity contribution in [2.75, 3.05) is 18.9 Å². The van der Waals surface area contributed by atoms with E-state index in [1.54, 1.807) is 5.38 Å². The normalized spacial score (nSPS) is 11.0. The number of nitrogens with zero attached hydrogens (tertiary/aromatic N) is 3. The Morgan fingerprint density at radius 3 is 2.83 bits per heavy atom. The van der Waals surface area contributed by atoms with Gasteiger partial charge >= 0.3 is 6.09 Å². The molecule has 0 unspecified atom stereocenters. The van der Waals surface area contributed by atoms with Crippen molar-refractivity contribution >= 4 is 35.3 Å². The van der Waals surface area contributed by atoms with Gasteiger partial charge in [-0.05, 0) is 43.5 Å². The first-order valence-corrected chi connectivity index (χ1v) is 8.56. The standard InChI is InChI=1S/C17H22N4O2S/c1-5-21(4)10-18-14-7-11(2)13(6-12(14)3)8-16-19-15(9-24-16)20-17(22)23/h6-7,9-10,20H,5,8H2,1-4H3,(H,22,23). The van der Waals surface area contributed by atoms with Gasteiger partial charge in [0.25, 0.3) is 0 Å². The van der Waals surface area contributed by atoms with Crippen LogP contribution in [0.5, 0.6) is 0 Å². The van der Waals surface area contributed by atoms with E-state index in [0.717, 1.165) is 28.4 Å². The summed E-state index contributed by atoms with van der Waals surface area (Å²) in [4.78, 5) is 21.5. The fourth-order valence-electron chi connectivity index (χ4n) is 2.15. The number of hydrogen-bond donors (Lipinski definition) is 2. The second kappa shape index (κ2) is 7.92. The van der Waals surface area contributed by atoms with Crippen molar-refractivity contribution in [1.82, 2.24) is 9.88 Å². The molecule has 0 aliphatic carbocycles. The highest BCUT2D eigenvalue weighted by Crippen LogP contribution is 2.26. The van der Waals surface area contributed by atoms with Crippen LogP contribution in [0, 0.1) is 13.8 Å². The van der Waals surface area contributed by atoms with Crippen LogP contribution in [-0.4, -0.2) is 41.0 Å². The number of carboxylic acid groups (broad SMARTS) is 1. The number of hydrogen-bond acceptors (Lipinski definition) is 4. The second-order valence-electron chi connectivity index (χ2n) is 5.62. The number of thiazole rings is 1. The van der Waals surface area contributed by atoms with Gasteiger partial charge in [-0.3, -0.25) is 5.32 Å². The molecule has 2 rings (SSSR count). The third-order valence-corrected chi connectivity index (χ3v) is 4.52. The third-order valence-electron chi connectivity index (χ3n) is 3.68. The first kappa shape index (κ1) is 17.9. The predicted molar refractivity (Wildman–Crippen MR) is 98.9 cm³/mol. The second-order valence-corrected chi connectivity index (χ2v) is 6.56. The Morgan fingerprint density at radius 2 is 2.17 bits per heavy atom. The number of nitrogens with one attached hydrogen (secondary N) is 1. The molecule has 0 aliphatic rings. The summed E-state index contributed by atoms with van der Waals surface area (Å²) in [7, 11) is 1.99. The highest BCUT2D eigenvalue weighted by atomic mass is 32.1. The van der Waals surface area contributed by atoms with Crippen molar-refractivity contribution in [3.8, 4) is 0 Å². The number of amides is 1. The summed E-state index contributed by atoms with van der Waals surface area (Å²) in [6.45, 7) is 7.09. The maximum Gasteiger partial charge on any atom is 0.410 e. The molecule has 0 bridgehead atoms. The van der Waals surface area contributed by atoms with Gasteiger partial charge in [0.2, 0.25) is 0 Å². The minimum Gasteiger partial charge on any atom is -0.465 e. The number of anilines is 1. The summed E-state index contributed by atoms with van der Waals surface area (Å²) in [5, 5.41) is 13.6. The zero-order valence-corrected chi connectivity index (χ0v) is 15.1. The van der Waals surface area contributed by atoms with Crippen molar-refractivity contribution < 1.29 is 9.90 Å². The van der Waals surface area contributed by atoms with Gasteiger partial charge < -0.3 is 10.0 Å². The lowest BCUT2D eigenvalue weighted by Crippen LogP contribution is -2.14. The third kappa shape index (κ3) is 4.79. The molecule has 1 heterocycles. The van der Waals surface area contributed by atoms with Crippen LogP contribution in [0.25, 0.3) is 0 Å². The van der Waals surface area contributed by atoms with Gasteiger partial charge in [0.05, 0.1) is 17.0 Å². The zero-order valence-electron chi connectivity index (χ0n) is 14.3. The molecule has 128 valence electrons. The van der Waals surface area contributed by atoms with E-state index >= 15 is 0 Å². The van der Waals surface area contributed by atoms with Crippen LogP contribution in [0.2, 0.25) is 0 Å². The molecular weight excluding hydrogens is 324 g/mol. The van der Waals surface area contributed by atoms with Crippen LogP contribution in [0.1, 0.15) is 28.6 Å². The van der Waals surface area contributed by atoms with Gasteiger partial charge in [-0.2, -0.15) is 0 Å². The van der Waals surface area contributed by atoms with Gasteiger partial charge in [-0.25, -0.2) is 14.8 Å². The van der Waals surface area contributed by atoms with Gasteiger partial charge in [-0.15, -0.1) is 11.3 Å². The van der Waals surface area contributed by atoms with E-state index < -0.39 is 6.09 Å². The van der Waals surface area contributed by atoms with Gasteiger partial charge in [-0.1, -0.05) is 6.07 Å². The van der Waals surface area contributed by atoms with E-state index in [4.69, 9.17) is 5.11 Å². The van der Waals surface area contributed by atoms with Crippen LogP contribution < -0.4 is 5.32 Å². The quantitative estimate of drug-likeness (QED) is 0.611. The van der Waals surface area contributed by atoms with Gasteiger partial charge in [0, 0.05) is 25.4 Å². The zero-order chi connectivity index (χ0) is 17.7. The Hall–Kier alpha value is -2.41. The lowest BCUT2D eigenvalue weighted by Gasteiger charge is -2.11. The molecule has 0 spiro atoms. The molecule has 24 heavy (non-hydrogen) atoms. The molecule has 6 nitrogen and oxygen atoms in total. The molecule has 7 heteroatoms. The van der Waals surface area contributed by atoms with Crippen LogP contribution >= 0.6 is 11.3 Å². The Balaban J connectivity index is 2.17. The summed E-state index contributed by atoms with van der Waals surface area (Å²) < 4.78 is 0. The number of rotatable bonds is 6. The predicted octanol–water partition coefficient (Wildman–Crippen LogP) is 4.05. The van der Waals surface area contributed by atoms with E-state index in [2.05, 4.69) is 41.3 Å². The molecule has 0 fully saturated rings. The minimum atomic E-state index is -1.10. The molecule has 2 N–H and O–H groups in total. The largest absolute Gasteiger partial charge is 0.465 e. The number of aliphatic imine (C=N–C) groups is 1. The molecule has 1 aromatic heterocycles.